The Balaban J connectivity index is 1.43. The lowest BCUT2D eigenvalue weighted by Gasteiger charge is -2.28. The maximum atomic E-state index is 13.0. The molecule has 0 unspecified atom stereocenters. The lowest BCUT2D eigenvalue weighted by molar-refractivity contribution is -0.117. The summed E-state index contributed by atoms with van der Waals surface area (Å²) in [5.41, 5.74) is 8.98. The Morgan fingerprint density at radius 1 is 1.12 bits per heavy atom. The summed E-state index contributed by atoms with van der Waals surface area (Å²) >= 11 is 1.38. The second-order valence-electron chi connectivity index (χ2n) is 7.10. The van der Waals surface area contributed by atoms with Gasteiger partial charge < -0.3 is 16.0 Å². The molecule has 0 atom stereocenters. The van der Waals surface area contributed by atoms with Crippen LogP contribution in [0.15, 0.2) is 77.4 Å². The van der Waals surface area contributed by atoms with Crippen molar-refractivity contribution in [2.24, 2.45) is 4.99 Å². The highest BCUT2D eigenvalue weighted by Gasteiger charge is 2.22. The molecule has 1 aliphatic rings. The van der Waals surface area contributed by atoms with Crippen molar-refractivity contribution in [3.63, 3.8) is 0 Å². The second kappa shape index (κ2) is 9.88. The zero-order valence-corrected chi connectivity index (χ0v) is 18.0. The monoisotopic (exact) mass is 446 g/mol. The van der Waals surface area contributed by atoms with E-state index >= 15 is 0 Å². The second-order valence-corrected chi connectivity index (χ2v) is 7.99. The highest BCUT2D eigenvalue weighted by atomic mass is 32.1. The number of carbonyl (C=O) groups excluding carboxylic acids is 2. The number of thiazole rings is 1. The molecule has 0 spiro atoms. The molecular formula is C23H22N6O2S. The summed E-state index contributed by atoms with van der Waals surface area (Å²) in [6.45, 7) is 0.600. The minimum Gasteiger partial charge on any atom is -0.375 e. The number of rotatable bonds is 6. The van der Waals surface area contributed by atoms with E-state index in [1.54, 1.807) is 30.7 Å². The van der Waals surface area contributed by atoms with Gasteiger partial charge >= 0.3 is 6.03 Å². The zero-order valence-electron chi connectivity index (χ0n) is 17.2. The van der Waals surface area contributed by atoms with Gasteiger partial charge in [-0.2, -0.15) is 0 Å². The van der Waals surface area contributed by atoms with Gasteiger partial charge in [-0.1, -0.05) is 42.5 Å². The first-order valence-electron chi connectivity index (χ1n) is 9.97. The van der Waals surface area contributed by atoms with Crippen LogP contribution in [-0.4, -0.2) is 46.0 Å². The summed E-state index contributed by atoms with van der Waals surface area (Å²) in [4.78, 5) is 37.1. The number of carbonyl (C=O) groups is 2. The predicted octanol–water partition coefficient (Wildman–Crippen LogP) is 3.81. The van der Waals surface area contributed by atoms with E-state index in [-0.39, 0.29) is 18.5 Å². The molecule has 3 N–H and O–H groups in total. The average Bonchev–Trinajstić information content (AvgIpc) is 3.26. The van der Waals surface area contributed by atoms with Gasteiger partial charge in [0, 0.05) is 41.8 Å². The van der Waals surface area contributed by atoms with Crippen LogP contribution in [0, 0.1) is 0 Å². The third kappa shape index (κ3) is 5.38. The molecule has 4 rings (SSSR count). The minimum absolute atomic E-state index is 0.0837. The van der Waals surface area contributed by atoms with Crippen molar-refractivity contribution in [2.45, 2.75) is 6.54 Å². The van der Waals surface area contributed by atoms with E-state index in [1.165, 1.54) is 21.1 Å². The van der Waals surface area contributed by atoms with Crippen molar-refractivity contribution < 1.29 is 9.59 Å². The van der Waals surface area contributed by atoms with Crippen LogP contribution < -0.4 is 11.1 Å². The molecule has 3 aromatic rings. The summed E-state index contributed by atoms with van der Waals surface area (Å²) in [6.07, 6.45) is 4.82. The first kappa shape index (κ1) is 21.3. The fourth-order valence-corrected chi connectivity index (χ4v) is 3.78. The number of aliphatic imine (C=N–C) groups is 1. The molecule has 1 aliphatic heterocycles. The molecule has 2 aromatic carbocycles. The first-order valence-corrected chi connectivity index (χ1v) is 10.9. The Bertz CT molecular complexity index is 1140. The molecule has 8 nitrogen and oxygen atoms in total. The van der Waals surface area contributed by atoms with Crippen molar-refractivity contribution in [3.8, 4) is 11.3 Å². The number of nitrogen functional groups attached to an aromatic ring is 1. The fraction of sp³-hybridized carbons (Fsp3) is 0.130. The molecule has 9 heteroatoms. The van der Waals surface area contributed by atoms with Crippen molar-refractivity contribution in [3.05, 3.63) is 77.9 Å². The number of urea groups is 1. The summed E-state index contributed by atoms with van der Waals surface area (Å²) < 4.78 is 0. The smallest absolute Gasteiger partial charge is 0.325 e. The van der Waals surface area contributed by atoms with Crippen LogP contribution in [0.5, 0.6) is 0 Å². The van der Waals surface area contributed by atoms with E-state index in [9.17, 15) is 9.59 Å². The number of hydrogen-bond acceptors (Lipinski definition) is 6. The fourth-order valence-electron chi connectivity index (χ4n) is 3.21. The lowest BCUT2D eigenvalue weighted by Crippen LogP contribution is -2.44. The van der Waals surface area contributed by atoms with Gasteiger partial charge in [0.15, 0.2) is 5.13 Å². The van der Waals surface area contributed by atoms with Gasteiger partial charge in [-0.25, -0.2) is 9.78 Å². The van der Waals surface area contributed by atoms with E-state index in [4.69, 9.17) is 5.73 Å². The van der Waals surface area contributed by atoms with Crippen molar-refractivity contribution in [2.75, 3.05) is 24.1 Å². The molecule has 32 heavy (non-hydrogen) atoms. The first-order chi connectivity index (χ1) is 15.6. The van der Waals surface area contributed by atoms with Crippen LogP contribution in [0.3, 0.4) is 0 Å². The molecule has 162 valence electrons. The maximum Gasteiger partial charge on any atom is 0.325 e. The van der Waals surface area contributed by atoms with Gasteiger partial charge in [-0.3, -0.25) is 14.7 Å². The van der Waals surface area contributed by atoms with E-state index < -0.39 is 0 Å². The molecule has 1 aromatic heterocycles. The van der Waals surface area contributed by atoms with E-state index in [0.29, 0.717) is 23.9 Å². The van der Waals surface area contributed by atoms with Gasteiger partial charge in [0.25, 0.3) is 0 Å². The molecule has 0 fully saturated rings. The highest BCUT2D eigenvalue weighted by molar-refractivity contribution is 7.13. The zero-order chi connectivity index (χ0) is 22.3. The van der Waals surface area contributed by atoms with Crippen LogP contribution >= 0.6 is 11.3 Å². The molecule has 3 amide bonds. The number of benzene rings is 2. The molecule has 0 radical (unpaired) electrons. The third-order valence-electron chi connectivity index (χ3n) is 4.77. The van der Waals surface area contributed by atoms with E-state index in [2.05, 4.69) is 15.3 Å². The van der Waals surface area contributed by atoms with Gasteiger partial charge in [0.2, 0.25) is 5.91 Å². The standard InChI is InChI=1S/C23H22N6O2S/c24-22-27-20(16-32-22)18-6-8-19(9-7-18)26-21(30)15-29(14-17-4-2-1-3-5-17)23(31)28-12-10-25-11-13-28/h1-12,16H,13-15H2,(H2,24,27)(H,26,30). The van der Waals surface area contributed by atoms with Crippen LogP contribution in [0.1, 0.15) is 5.56 Å². The number of hydrogen-bond donors (Lipinski definition) is 2. The molecular weight excluding hydrogens is 424 g/mol. The van der Waals surface area contributed by atoms with Gasteiger partial charge in [-0.05, 0) is 17.7 Å². The maximum absolute atomic E-state index is 13.0. The number of aromatic nitrogens is 1. The molecule has 0 saturated carbocycles. The highest BCUT2D eigenvalue weighted by Crippen LogP contribution is 2.24. The summed E-state index contributed by atoms with van der Waals surface area (Å²) in [7, 11) is 0. The Morgan fingerprint density at radius 2 is 1.91 bits per heavy atom. The normalized spacial score (nSPS) is 12.6. The Labute approximate surface area is 189 Å². The van der Waals surface area contributed by atoms with Gasteiger partial charge in [0.05, 0.1) is 12.2 Å². The quantitative estimate of drug-likeness (QED) is 0.601. The molecule has 2 heterocycles. The summed E-state index contributed by atoms with van der Waals surface area (Å²) in [6, 6.07) is 16.7. The number of nitrogens with one attached hydrogen (secondary N) is 1. The SMILES string of the molecule is Nc1nc(-c2ccc(NC(=O)CN(Cc3ccccc3)C(=O)N3C=CN=CC3)cc2)cs1. The lowest BCUT2D eigenvalue weighted by atomic mass is 10.1. The number of nitrogens with zero attached hydrogens (tertiary/aromatic N) is 4. The average molecular weight is 447 g/mol. The largest absolute Gasteiger partial charge is 0.375 e. The topological polar surface area (TPSA) is 104 Å². The van der Waals surface area contributed by atoms with Gasteiger partial charge in [0.1, 0.15) is 6.54 Å². The predicted molar refractivity (Wildman–Crippen MR) is 127 cm³/mol. The number of anilines is 2. The van der Waals surface area contributed by atoms with Crippen LogP contribution in [-0.2, 0) is 11.3 Å². The molecule has 0 saturated heterocycles. The minimum atomic E-state index is -0.283. The van der Waals surface area contributed by atoms with Crippen LogP contribution in [0.4, 0.5) is 15.6 Å². The Morgan fingerprint density at radius 3 is 2.56 bits per heavy atom. The van der Waals surface area contributed by atoms with Crippen molar-refractivity contribution in [1.82, 2.24) is 14.8 Å². The van der Waals surface area contributed by atoms with Crippen LogP contribution in [0.2, 0.25) is 0 Å². The van der Waals surface area contributed by atoms with Crippen molar-refractivity contribution >= 4 is 40.3 Å². The van der Waals surface area contributed by atoms with Crippen molar-refractivity contribution in [1.29, 1.82) is 0 Å². The Hall–Kier alpha value is -3.98. The molecule has 0 aliphatic carbocycles. The van der Waals surface area contributed by atoms with E-state index in [0.717, 1.165) is 16.8 Å². The summed E-state index contributed by atoms with van der Waals surface area (Å²) in [5, 5.41) is 5.26. The molecule has 0 bridgehead atoms. The van der Waals surface area contributed by atoms with Crippen LogP contribution in [0.25, 0.3) is 11.3 Å². The number of amides is 3. The van der Waals surface area contributed by atoms with E-state index in [1.807, 2.05) is 47.8 Å². The van der Waals surface area contributed by atoms with Gasteiger partial charge in [-0.15, -0.1) is 11.3 Å². The Kier molecular flexibility index (Phi) is 6.57. The third-order valence-corrected chi connectivity index (χ3v) is 5.44. The summed E-state index contributed by atoms with van der Waals surface area (Å²) in [5.74, 6) is -0.283. The number of nitrogens with two attached hydrogens (primary N) is 1.